The van der Waals surface area contributed by atoms with Crippen molar-refractivity contribution < 1.29 is 14.3 Å². The zero-order valence-corrected chi connectivity index (χ0v) is 17.8. The first kappa shape index (κ1) is 21.0. The van der Waals surface area contributed by atoms with Gasteiger partial charge in [-0.1, -0.05) is 12.1 Å². The minimum absolute atomic E-state index is 0.0354. The van der Waals surface area contributed by atoms with E-state index < -0.39 is 11.4 Å². The maximum atomic E-state index is 14.7. The number of nitrogens with zero attached hydrogens (tertiary/aromatic N) is 3. The lowest BCUT2D eigenvalue weighted by Gasteiger charge is -2.18. The molecule has 3 aromatic rings. The molecule has 2 aromatic heterocycles. The molecule has 0 bridgehead atoms. The van der Waals surface area contributed by atoms with E-state index in [1.165, 1.54) is 12.1 Å². The van der Waals surface area contributed by atoms with E-state index in [0.717, 1.165) is 12.8 Å². The Morgan fingerprint density at radius 2 is 2.16 bits per heavy atom. The van der Waals surface area contributed by atoms with Crippen LogP contribution in [0.2, 0.25) is 0 Å². The first-order valence-corrected chi connectivity index (χ1v) is 10.3. The highest BCUT2D eigenvalue weighted by Crippen LogP contribution is 2.27. The second-order valence-corrected chi connectivity index (χ2v) is 8.46. The molecular formula is C23H26FN5O2. The smallest absolute Gasteiger partial charge is 0.254 e. The van der Waals surface area contributed by atoms with Gasteiger partial charge in [0, 0.05) is 24.3 Å². The number of halogens is 1. The third kappa shape index (κ3) is 4.74. The Hall–Kier alpha value is -3.26. The van der Waals surface area contributed by atoms with Gasteiger partial charge in [-0.2, -0.15) is 0 Å². The minimum atomic E-state index is -0.926. The Bertz CT molecular complexity index is 1160. The van der Waals surface area contributed by atoms with Crippen molar-refractivity contribution in [2.24, 2.45) is 0 Å². The molecule has 31 heavy (non-hydrogen) atoms. The summed E-state index contributed by atoms with van der Waals surface area (Å²) in [4.78, 5) is 21.3. The van der Waals surface area contributed by atoms with E-state index in [1.807, 2.05) is 29.7 Å². The number of rotatable bonds is 7. The Morgan fingerprint density at radius 1 is 1.39 bits per heavy atom. The summed E-state index contributed by atoms with van der Waals surface area (Å²) in [5.74, 6) is -0.444. The fourth-order valence-corrected chi connectivity index (χ4v) is 3.24. The molecule has 162 valence electrons. The van der Waals surface area contributed by atoms with Gasteiger partial charge in [0.2, 0.25) is 0 Å². The molecule has 1 fully saturated rings. The number of hydrogen-bond acceptors (Lipinski definition) is 5. The summed E-state index contributed by atoms with van der Waals surface area (Å²) < 4.78 is 16.6. The predicted molar refractivity (Wildman–Crippen MR) is 118 cm³/mol. The molecule has 1 saturated carbocycles. The molecule has 0 aliphatic heterocycles. The summed E-state index contributed by atoms with van der Waals surface area (Å²) in [6, 6.07) is 4.74. The minimum Gasteiger partial charge on any atom is -0.389 e. The van der Waals surface area contributed by atoms with Gasteiger partial charge in [0.05, 0.1) is 28.7 Å². The molecule has 2 heterocycles. The molecule has 0 atom stereocenters. The molecule has 0 unspecified atom stereocenters. The highest BCUT2D eigenvalue weighted by atomic mass is 19.1. The summed E-state index contributed by atoms with van der Waals surface area (Å²) in [7, 11) is 0. The molecule has 3 N–H and O–H groups in total. The zero-order valence-electron chi connectivity index (χ0n) is 17.8. The van der Waals surface area contributed by atoms with Gasteiger partial charge in [0.15, 0.2) is 11.5 Å². The summed E-state index contributed by atoms with van der Waals surface area (Å²) >= 11 is 0. The third-order valence-electron chi connectivity index (χ3n) is 4.96. The Morgan fingerprint density at radius 3 is 2.81 bits per heavy atom. The Labute approximate surface area is 180 Å². The monoisotopic (exact) mass is 423 g/mol. The van der Waals surface area contributed by atoms with Crippen molar-refractivity contribution in [2.75, 3.05) is 11.9 Å². The number of amides is 1. The lowest BCUT2D eigenvalue weighted by Crippen LogP contribution is -2.29. The number of aromatic nitrogens is 3. The van der Waals surface area contributed by atoms with E-state index in [9.17, 15) is 14.3 Å². The van der Waals surface area contributed by atoms with E-state index in [-0.39, 0.29) is 24.1 Å². The third-order valence-corrected chi connectivity index (χ3v) is 4.96. The van der Waals surface area contributed by atoms with Crippen LogP contribution in [0.5, 0.6) is 0 Å². The van der Waals surface area contributed by atoms with E-state index in [2.05, 4.69) is 20.6 Å². The van der Waals surface area contributed by atoms with E-state index in [0.29, 0.717) is 28.4 Å². The van der Waals surface area contributed by atoms with Crippen molar-refractivity contribution in [3.8, 4) is 11.3 Å². The predicted octanol–water partition coefficient (Wildman–Crippen LogP) is 3.64. The number of imidazole rings is 1. The highest BCUT2D eigenvalue weighted by molar-refractivity contribution is 5.95. The van der Waals surface area contributed by atoms with Crippen molar-refractivity contribution in [3.05, 3.63) is 53.7 Å². The largest absolute Gasteiger partial charge is 0.389 e. The Balaban J connectivity index is 1.72. The number of aliphatic hydroxyl groups is 1. The number of anilines is 1. The summed E-state index contributed by atoms with van der Waals surface area (Å²) in [5, 5.41) is 16.0. The molecule has 0 saturated heterocycles. The first-order valence-electron chi connectivity index (χ1n) is 10.3. The standard InChI is InChI=1S/C23H26FN5O2/c1-4-5-16-12-29-19(11-25-21(29)20(27-16)26-13-23(2,3)31)14-6-9-17(18(24)10-14)22(30)28-15-7-8-15/h4-6,9-12,15,31H,7-8,13H2,1-3H3,(H,26,27)(H,28,30). The number of carbonyl (C=O) groups is 1. The maximum absolute atomic E-state index is 14.7. The van der Waals surface area contributed by atoms with Crippen molar-refractivity contribution in [3.63, 3.8) is 0 Å². The van der Waals surface area contributed by atoms with Crippen LogP contribution in [-0.2, 0) is 0 Å². The van der Waals surface area contributed by atoms with Gasteiger partial charge in [-0.3, -0.25) is 9.20 Å². The molecule has 1 aliphatic carbocycles. The van der Waals surface area contributed by atoms with E-state index >= 15 is 0 Å². The van der Waals surface area contributed by atoms with Crippen LogP contribution in [0.3, 0.4) is 0 Å². The van der Waals surface area contributed by atoms with Crippen LogP contribution in [0.15, 0.2) is 36.7 Å². The van der Waals surface area contributed by atoms with Crippen molar-refractivity contribution >= 4 is 23.4 Å². The fraction of sp³-hybridized carbons (Fsp3) is 0.348. The van der Waals surface area contributed by atoms with Crippen molar-refractivity contribution in [1.29, 1.82) is 0 Å². The average Bonchev–Trinajstić information content (AvgIpc) is 3.41. The van der Waals surface area contributed by atoms with Crippen LogP contribution in [-0.4, -0.2) is 43.6 Å². The lowest BCUT2D eigenvalue weighted by molar-refractivity contribution is 0.0938. The van der Waals surface area contributed by atoms with Gasteiger partial charge in [-0.05, 0) is 51.8 Å². The number of benzene rings is 1. The number of hydrogen-bond donors (Lipinski definition) is 3. The maximum Gasteiger partial charge on any atom is 0.254 e. The van der Waals surface area contributed by atoms with E-state index in [1.54, 1.807) is 26.1 Å². The molecule has 8 heteroatoms. The summed E-state index contributed by atoms with van der Waals surface area (Å²) in [5.41, 5.74) is 1.62. The van der Waals surface area contributed by atoms with Gasteiger partial charge in [-0.15, -0.1) is 0 Å². The molecule has 1 aromatic carbocycles. The van der Waals surface area contributed by atoms with Crippen LogP contribution in [0.4, 0.5) is 10.2 Å². The average molecular weight is 423 g/mol. The van der Waals surface area contributed by atoms with Gasteiger partial charge in [0.25, 0.3) is 5.91 Å². The van der Waals surface area contributed by atoms with Crippen LogP contribution in [0.25, 0.3) is 23.0 Å². The Kier molecular flexibility index (Phi) is 5.49. The van der Waals surface area contributed by atoms with Gasteiger partial charge < -0.3 is 15.7 Å². The number of carbonyl (C=O) groups excluding carboxylic acids is 1. The first-order chi connectivity index (χ1) is 14.7. The number of allylic oxidation sites excluding steroid dienone is 1. The number of nitrogens with one attached hydrogen (secondary N) is 2. The molecule has 7 nitrogen and oxygen atoms in total. The van der Waals surface area contributed by atoms with Gasteiger partial charge in [0.1, 0.15) is 5.82 Å². The summed E-state index contributed by atoms with van der Waals surface area (Å²) in [6.45, 7) is 5.59. The second kappa shape index (κ2) is 8.11. The topological polar surface area (TPSA) is 91.5 Å². The SMILES string of the molecule is CC=Cc1cn2c(-c3ccc(C(=O)NC4CC4)c(F)c3)cnc2c(NCC(C)(C)O)n1. The van der Waals surface area contributed by atoms with E-state index in [4.69, 9.17) is 0 Å². The molecule has 1 amide bonds. The number of fused-ring (bicyclic) bond motifs is 1. The molecular weight excluding hydrogens is 397 g/mol. The molecule has 1 aliphatic rings. The zero-order chi connectivity index (χ0) is 22.2. The fourth-order valence-electron chi connectivity index (χ4n) is 3.24. The lowest BCUT2D eigenvalue weighted by atomic mass is 10.1. The van der Waals surface area contributed by atoms with Crippen LogP contribution < -0.4 is 10.6 Å². The molecule has 0 spiro atoms. The quantitative estimate of drug-likeness (QED) is 0.540. The van der Waals surface area contributed by atoms with Gasteiger partial charge in [-0.25, -0.2) is 14.4 Å². The van der Waals surface area contributed by atoms with Crippen LogP contribution in [0, 0.1) is 5.82 Å². The summed E-state index contributed by atoms with van der Waals surface area (Å²) in [6.07, 6.45) is 9.07. The van der Waals surface area contributed by atoms with Crippen LogP contribution in [0.1, 0.15) is 49.7 Å². The van der Waals surface area contributed by atoms with Gasteiger partial charge >= 0.3 is 0 Å². The second-order valence-electron chi connectivity index (χ2n) is 8.46. The molecule has 0 radical (unpaired) electrons. The van der Waals surface area contributed by atoms with Crippen molar-refractivity contribution in [1.82, 2.24) is 19.7 Å². The van der Waals surface area contributed by atoms with Crippen molar-refractivity contribution in [2.45, 2.75) is 45.3 Å². The molecule has 4 rings (SSSR count). The highest BCUT2D eigenvalue weighted by Gasteiger charge is 2.25. The normalized spacial score (nSPS) is 14.4. The van der Waals surface area contributed by atoms with Crippen LogP contribution >= 0.6 is 0 Å².